The van der Waals surface area contributed by atoms with E-state index in [1.165, 1.54) is 0 Å². The average molecular weight is 244 g/mol. The van der Waals surface area contributed by atoms with Crippen LogP contribution >= 0.6 is 15.9 Å². The number of nitrogens with one attached hydrogen (secondary N) is 1. The van der Waals surface area contributed by atoms with E-state index in [2.05, 4.69) is 52.0 Å². The van der Waals surface area contributed by atoms with Gasteiger partial charge in [-0.1, -0.05) is 20.8 Å². The van der Waals surface area contributed by atoms with Crippen LogP contribution in [0.15, 0.2) is 10.8 Å². The molecule has 1 N–H and O–H groups in total. The predicted octanol–water partition coefficient (Wildman–Crippen LogP) is 2.58. The van der Waals surface area contributed by atoms with E-state index in [4.69, 9.17) is 0 Å². The zero-order valence-corrected chi connectivity index (χ0v) is 9.94. The maximum Gasteiger partial charge on any atom is 0.143 e. The molecule has 0 spiro atoms. The molecule has 0 aliphatic carbocycles. The Morgan fingerprint density at radius 2 is 1.92 bits per heavy atom. The molecule has 1 heterocycles. The second-order valence-corrected chi connectivity index (χ2v) is 4.68. The minimum absolute atomic E-state index is 0.0351. The molecule has 0 fully saturated rings. The molecular formula is C9H14BrN3. The molecule has 0 bridgehead atoms. The zero-order valence-electron chi connectivity index (χ0n) is 8.35. The van der Waals surface area contributed by atoms with Crippen molar-refractivity contribution in [2.75, 3.05) is 12.4 Å². The molecule has 0 atom stereocenters. The Kier molecular flexibility index (Phi) is 2.91. The second-order valence-electron chi connectivity index (χ2n) is 3.88. The molecule has 0 aliphatic heterocycles. The summed E-state index contributed by atoms with van der Waals surface area (Å²) in [6.07, 6.45) is 1.58. The SMILES string of the molecule is CNc1ncnc(C(C)(C)C)c1Br. The van der Waals surface area contributed by atoms with Gasteiger partial charge in [0.05, 0.1) is 10.2 Å². The van der Waals surface area contributed by atoms with Crippen molar-refractivity contribution in [1.82, 2.24) is 9.97 Å². The van der Waals surface area contributed by atoms with Gasteiger partial charge in [-0.25, -0.2) is 9.97 Å². The number of hydrogen-bond acceptors (Lipinski definition) is 3. The van der Waals surface area contributed by atoms with E-state index in [0.29, 0.717) is 0 Å². The first kappa shape index (κ1) is 10.4. The molecule has 13 heavy (non-hydrogen) atoms. The second kappa shape index (κ2) is 3.62. The molecule has 1 rings (SSSR count). The topological polar surface area (TPSA) is 37.8 Å². The molecule has 4 heteroatoms. The van der Waals surface area contributed by atoms with E-state index < -0.39 is 0 Å². The van der Waals surface area contributed by atoms with Crippen molar-refractivity contribution in [1.29, 1.82) is 0 Å². The summed E-state index contributed by atoms with van der Waals surface area (Å²) in [4.78, 5) is 8.36. The predicted molar refractivity (Wildman–Crippen MR) is 58.0 cm³/mol. The highest BCUT2D eigenvalue weighted by atomic mass is 79.9. The minimum atomic E-state index is 0.0351. The van der Waals surface area contributed by atoms with Gasteiger partial charge in [-0.3, -0.25) is 0 Å². The summed E-state index contributed by atoms with van der Waals surface area (Å²) in [6, 6.07) is 0. The van der Waals surface area contributed by atoms with E-state index in [-0.39, 0.29) is 5.41 Å². The fraction of sp³-hybridized carbons (Fsp3) is 0.556. The fourth-order valence-corrected chi connectivity index (χ4v) is 2.06. The molecule has 1 aromatic rings. The van der Waals surface area contributed by atoms with Gasteiger partial charge in [-0.15, -0.1) is 0 Å². The molecule has 0 saturated carbocycles. The van der Waals surface area contributed by atoms with Gasteiger partial charge in [0.1, 0.15) is 12.1 Å². The lowest BCUT2D eigenvalue weighted by Gasteiger charge is -2.19. The van der Waals surface area contributed by atoms with E-state index in [1.807, 2.05) is 7.05 Å². The fourth-order valence-electron chi connectivity index (χ4n) is 1.07. The summed E-state index contributed by atoms with van der Waals surface area (Å²) in [6.45, 7) is 6.37. The van der Waals surface area contributed by atoms with Crippen LogP contribution < -0.4 is 5.32 Å². The smallest absolute Gasteiger partial charge is 0.143 e. The van der Waals surface area contributed by atoms with E-state index in [1.54, 1.807) is 6.33 Å². The summed E-state index contributed by atoms with van der Waals surface area (Å²) in [5.74, 6) is 0.833. The maximum absolute atomic E-state index is 4.26. The Morgan fingerprint density at radius 3 is 2.38 bits per heavy atom. The molecule has 0 radical (unpaired) electrons. The average Bonchev–Trinajstić information content (AvgIpc) is 2.02. The molecule has 72 valence electrons. The van der Waals surface area contributed by atoms with Gasteiger partial charge in [-0.05, 0) is 15.9 Å². The van der Waals surface area contributed by atoms with Crippen molar-refractivity contribution < 1.29 is 0 Å². The van der Waals surface area contributed by atoms with Crippen LogP contribution in [0.4, 0.5) is 5.82 Å². The number of aromatic nitrogens is 2. The van der Waals surface area contributed by atoms with Crippen LogP contribution in [0.1, 0.15) is 26.5 Å². The number of hydrogen-bond donors (Lipinski definition) is 1. The van der Waals surface area contributed by atoms with Crippen LogP contribution in [-0.2, 0) is 5.41 Å². The summed E-state index contributed by atoms with van der Waals surface area (Å²) in [7, 11) is 1.85. The Labute approximate surface area is 87.1 Å². The number of halogens is 1. The summed E-state index contributed by atoms with van der Waals surface area (Å²) in [5.41, 5.74) is 1.06. The zero-order chi connectivity index (χ0) is 10.1. The van der Waals surface area contributed by atoms with Gasteiger partial charge in [0.25, 0.3) is 0 Å². The molecule has 0 amide bonds. The maximum atomic E-state index is 4.26. The number of rotatable bonds is 1. The van der Waals surface area contributed by atoms with Crippen LogP contribution in [0.3, 0.4) is 0 Å². The van der Waals surface area contributed by atoms with Crippen LogP contribution in [0.25, 0.3) is 0 Å². The Balaban J connectivity index is 3.24. The third-order valence-electron chi connectivity index (χ3n) is 1.74. The minimum Gasteiger partial charge on any atom is -0.372 e. The lowest BCUT2D eigenvalue weighted by atomic mass is 9.92. The van der Waals surface area contributed by atoms with Gasteiger partial charge < -0.3 is 5.32 Å². The quantitative estimate of drug-likeness (QED) is 0.825. The molecule has 1 aromatic heterocycles. The molecular weight excluding hydrogens is 230 g/mol. The van der Waals surface area contributed by atoms with Crippen molar-refractivity contribution in [2.24, 2.45) is 0 Å². The van der Waals surface area contributed by atoms with Crippen molar-refractivity contribution in [3.63, 3.8) is 0 Å². The van der Waals surface area contributed by atoms with Gasteiger partial charge in [0.2, 0.25) is 0 Å². The van der Waals surface area contributed by atoms with Gasteiger partial charge >= 0.3 is 0 Å². The van der Waals surface area contributed by atoms with Crippen LogP contribution in [-0.4, -0.2) is 17.0 Å². The molecule has 0 aliphatic rings. The van der Waals surface area contributed by atoms with Gasteiger partial charge in [0.15, 0.2) is 0 Å². The summed E-state index contributed by atoms with van der Waals surface area (Å²) < 4.78 is 0.949. The third kappa shape index (κ3) is 2.18. The van der Waals surface area contributed by atoms with E-state index in [0.717, 1.165) is 16.0 Å². The Hall–Kier alpha value is -0.640. The van der Waals surface area contributed by atoms with Gasteiger partial charge in [-0.2, -0.15) is 0 Å². The monoisotopic (exact) mass is 243 g/mol. The number of nitrogens with zero attached hydrogens (tertiary/aromatic N) is 2. The highest BCUT2D eigenvalue weighted by Gasteiger charge is 2.20. The summed E-state index contributed by atoms with van der Waals surface area (Å²) >= 11 is 3.49. The van der Waals surface area contributed by atoms with Crippen LogP contribution in [0.5, 0.6) is 0 Å². The molecule has 0 aromatic carbocycles. The number of anilines is 1. The molecule has 0 saturated heterocycles. The lowest BCUT2D eigenvalue weighted by molar-refractivity contribution is 0.563. The summed E-state index contributed by atoms with van der Waals surface area (Å²) in [5, 5.41) is 3.01. The first-order valence-electron chi connectivity index (χ1n) is 4.15. The van der Waals surface area contributed by atoms with Crippen molar-refractivity contribution >= 4 is 21.7 Å². The lowest BCUT2D eigenvalue weighted by Crippen LogP contribution is -2.15. The van der Waals surface area contributed by atoms with Gasteiger partial charge in [0, 0.05) is 12.5 Å². The standard InChI is InChI=1S/C9H14BrN3/c1-9(2,3)7-6(10)8(11-4)13-5-12-7/h5H,1-4H3,(H,11,12,13). The highest BCUT2D eigenvalue weighted by Crippen LogP contribution is 2.31. The normalized spacial score (nSPS) is 11.5. The highest BCUT2D eigenvalue weighted by molar-refractivity contribution is 9.10. The molecule has 3 nitrogen and oxygen atoms in total. The molecule has 0 unspecified atom stereocenters. The van der Waals surface area contributed by atoms with E-state index >= 15 is 0 Å². The van der Waals surface area contributed by atoms with Crippen LogP contribution in [0.2, 0.25) is 0 Å². The Bertz CT molecular complexity index is 304. The largest absolute Gasteiger partial charge is 0.372 e. The first-order valence-corrected chi connectivity index (χ1v) is 4.95. The van der Waals surface area contributed by atoms with Crippen LogP contribution in [0, 0.1) is 0 Å². The Morgan fingerprint density at radius 1 is 1.31 bits per heavy atom. The third-order valence-corrected chi connectivity index (χ3v) is 2.49. The first-order chi connectivity index (χ1) is 5.96. The van der Waals surface area contributed by atoms with Crippen molar-refractivity contribution in [3.05, 3.63) is 16.5 Å². The van der Waals surface area contributed by atoms with Crippen molar-refractivity contribution in [2.45, 2.75) is 26.2 Å². The van der Waals surface area contributed by atoms with Crippen molar-refractivity contribution in [3.8, 4) is 0 Å². The van der Waals surface area contributed by atoms with E-state index in [9.17, 15) is 0 Å².